The van der Waals surface area contributed by atoms with Gasteiger partial charge in [0.05, 0.1) is 12.1 Å². The van der Waals surface area contributed by atoms with Gasteiger partial charge in [-0.05, 0) is 29.5 Å². The third kappa shape index (κ3) is 4.21. The van der Waals surface area contributed by atoms with E-state index in [1.54, 1.807) is 12.1 Å². The average molecular weight is 383 g/mol. The van der Waals surface area contributed by atoms with Crippen LogP contribution in [0.3, 0.4) is 0 Å². The Morgan fingerprint density at radius 2 is 2.15 bits per heavy atom. The number of carbonyl (C=O) groups is 1. The third-order valence-electron chi connectivity index (χ3n) is 4.64. The first-order valence-electron chi connectivity index (χ1n) is 8.35. The molecule has 10 heteroatoms. The lowest BCUT2D eigenvalue weighted by Gasteiger charge is -2.48. The van der Waals surface area contributed by atoms with E-state index in [1.807, 2.05) is 13.8 Å². The maximum atomic E-state index is 12.7. The number of nitrogens with one attached hydrogen (secondary N) is 2. The van der Waals surface area contributed by atoms with E-state index in [9.17, 15) is 23.1 Å². The number of hydrogen-bond donors (Lipinski definition) is 3. The number of aromatic nitrogens is 3. The molecule has 2 heterocycles. The molecule has 7 nitrogen and oxygen atoms in total. The van der Waals surface area contributed by atoms with Gasteiger partial charge >= 0.3 is 12.2 Å². The number of carbonyl (C=O) groups excluding carboxylic acids is 1. The van der Waals surface area contributed by atoms with Crippen LogP contribution in [0.1, 0.15) is 31.5 Å². The number of hydrogen-bond acceptors (Lipinski definition) is 4. The summed E-state index contributed by atoms with van der Waals surface area (Å²) < 4.78 is 39.1. The second-order valence-electron chi connectivity index (χ2n) is 7.26. The largest absolute Gasteiger partial charge is 0.434 e. The molecule has 0 aromatic carbocycles. The summed E-state index contributed by atoms with van der Waals surface area (Å²) in [7, 11) is 0. The minimum absolute atomic E-state index is 0.161. The van der Waals surface area contributed by atoms with Crippen molar-refractivity contribution in [2.24, 2.45) is 5.41 Å². The molecule has 1 fully saturated rings. The molecule has 0 spiro atoms. The Bertz CT molecular complexity index is 834. The molecule has 27 heavy (non-hydrogen) atoms. The molecular formula is C17H20F3N5O2. The Hall–Kier alpha value is -2.62. The van der Waals surface area contributed by atoms with Gasteiger partial charge in [0, 0.05) is 18.9 Å². The second-order valence-corrected chi connectivity index (χ2v) is 7.26. The van der Waals surface area contributed by atoms with Gasteiger partial charge in [-0.25, -0.2) is 14.8 Å². The van der Waals surface area contributed by atoms with Crippen molar-refractivity contribution in [1.82, 2.24) is 25.2 Å². The molecule has 0 unspecified atom stereocenters. The number of alkyl halides is 3. The molecule has 3 N–H and O–H groups in total. The summed E-state index contributed by atoms with van der Waals surface area (Å²) in [6.45, 7) is 4.01. The van der Waals surface area contributed by atoms with E-state index in [-0.39, 0.29) is 23.8 Å². The van der Waals surface area contributed by atoms with Gasteiger partial charge in [-0.1, -0.05) is 13.8 Å². The predicted molar refractivity (Wildman–Crippen MR) is 89.9 cm³/mol. The summed E-state index contributed by atoms with van der Waals surface area (Å²) in [5.41, 5.74) is -0.557. The number of amides is 2. The second kappa shape index (κ2) is 6.84. The molecule has 146 valence electrons. The number of nitrogens with zero attached hydrogens (tertiary/aromatic N) is 3. The molecule has 0 bridgehead atoms. The number of pyridine rings is 1. The highest BCUT2D eigenvalue weighted by Gasteiger charge is 2.46. The lowest BCUT2D eigenvalue weighted by Crippen LogP contribution is -2.62. The number of imidazole rings is 1. The molecular weight excluding hydrogens is 363 g/mol. The fraction of sp³-hybridized carbons (Fsp3) is 0.471. The van der Waals surface area contributed by atoms with Crippen molar-refractivity contribution in [2.75, 3.05) is 0 Å². The van der Waals surface area contributed by atoms with Crippen LogP contribution >= 0.6 is 0 Å². The lowest BCUT2D eigenvalue weighted by molar-refractivity contribution is -0.140. The van der Waals surface area contributed by atoms with Crippen LogP contribution in [0.25, 0.3) is 5.82 Å². The number of aliphatic hydroxyl groups is 1. The van der Waals surface area contributed by atoms with E-state index < -0.39 is 24.0 Å². The van der Waals surface area contributed by atoms with Crippen LogP contribution in [0.4, 0.5) is 18.0 Å². The summed E-state index contributed by atoms with van der Waals surface area (Å²) in [6, 6.07) is 2.49. The summed E-state index contributed by atoms with van der Waals surface area (Å²) in [4.78, 5) is 19.3. The van der Waals surface area contributed by atoms with Gasteiger partial charge in [-0.15, -0.1) is 0 Å². The first-order chi connectivity index (χ1) is 12.6. The molecule has 0 radical (unpaired) electrons. The van der Waals surface area contributed by atoms with Crippen LogP contribution in [0, 0.1) is 5.41 Å². The van der Waals surface area contributed by atoms with E-state index in [2.05, 4.69) is 20.6 Å². The van der Waals surface area contributed by atoms with Crippen molar-refractivity contribution >= 4 is 6.03 Å². The molecule has 2 aromatic heterocycles. The SMILES string of the molecule is CC1(C)C[C@@H](NC(=O)NCc2ccnc(-n3cnc(C(F)(F)F)c3)c2)[C@H]1O. The van der Waals surface area contributed by atoms with Crippen LogP contribution in [0.5, 0.6) is 0 Å². The Balaban J connectivity index is 1.58. The Labute approximate surface area is 153 Å². The Morgan fingerprint density at radius 1 is 1.41 bits per heavy atom. The molecule has 1 saturated carbocycles. The van der Waals surface area contributed by atoms with E-state index in [4.69, 9.17) is 0 Å². The van der Waals surface area contributed by atoms with Crippen LogP contribution in [0.15, 0.2) is 30.9 Å². The van der Waals surface area contributed by atoms with Crippen molar-refractivity contribution in [3.8, 4) is 5.82 Å². The Morgan fingerprint density at radius 3 is 2.74 bits per heavy atom. The minimum atomic E-state index is -4.52. The normalized spacial score (nSPS) is 21.4. The highest BCUT2D eigenvalue weighted by Crippen LogP contribution is 2.40. The Kier molecular flexibility index (Phi) is 4.85. The smallest absolute Gasteiger partial charge is 0.390 e. The molecule has 0 saturated heterocycles. The summed E-state index contributed by atoms with van der Waals surface area (Å²) in [6.07, 6.45) is -1.11. The lowest BCUT2D eigenvalue weighted by atomic mass is 9.65. The average Bonchev–Trinajstić information content (AvgIpc) is 3.10. The highest BCUT2D eigenvalue weighted by molar-refractivity contribution is 5.74. The minimum Gasteiger partial charge on any atom is -0.390 e. The number of halogens is 3. The van der Waals surface area contributed by atoms with Gasteiger partial charge in [-0.2, -0.15) is 13.2 Å². The maximum Gasteiger partial charge on any atom is 0.434 e. The zero-order chi connectivity index (χ0) is 19.8. The summed E-state index contributed by atoms with van der Waals surface area (Å²) >= 11 is 0. The first-order valence-corrected chi connectivity index (χ1v) is 8.35. The van der Waals surface area contributed by atoms with E-state index in [0.29, 0.717) is 12.0 Å². The van der Waals surface area contributed by atoms with E-state index in [0.717, 1.165) is 12.5 Å². The van der Waals surface area contributed by atoms with Crippen molar-refractivity contribution in [3.05, 3.63) is 42.1 Å². The maximum absolute atomic E-state index is 12.7. The van der Waals surface area contributed by atoms with E-state index in [1.165, 1.54) is 10.8 Å². The zero-order valence-electron chi connectivity index (χ0n) is 14.8. The third-order valence-corrected chi connectivity index (χ3v) is 4.64. The predicted octanol–water partition coefficient (Wildman–Crippen LogP) is 2.24. The summed E-state index contributed by atoms with van der Waals surface area (Å²) in [5, 5.41) is 15.3. The standard InChI is InChI=1S/C17H20F3N5O2/c1-16(2)6-11(14(16)26)24-15(27)22-7-10-3-4-21-13(5-10)25-8-12(23-9-25)17(18,19)20/h3-5,8-9,11,14,26H,6-7H2,1-2H3,(H2,22,24,27)/t11-,14-/m1/s1. The quantitative estimate of drug-likeness (QED) is 0.755. The molecule has 1 aliphatic rings. The van der Waals surface area contributed by atoms with Gasteiger partial charge < -0.3 is 15.7 Å². The van der Waals surface area contributed by atoms with Gasteiger partial charge in [0.2, 0.25) is 0 Å². The summed E-state index contributed by atoms with van der Waals surface area (Å²) in [5.74, 6) is 0.258. The first kappa shape index (κ1) is 19.2. The van der Waals surface area contributed by atoms with Gasteiger partial charge in [-0.3, -0.25) is 4.57 Å². The van der Waals surface area contributed by atoms with Crippen molar-refractivity contribution in [1.29, 1.82) is 0 Å². The molecule has 2 atom stereocenters. The van der Waals surface area contributed by atoms with Crippen LogP contribution < -0.4 is 10.6 Å². The monoisotopic (exact) mass is 383 g/mol. The number of urea groups is 1. The molecule has 3 rings (SSSR count). The topological polar surface area (TPSA) is 92.1 Å². The van der Waals surface area contributed by atoms with Gasteiger partial charge in [0.1, 0.15) is 12.1 Å². The molecule has 2 aromatic rings. The number of aliphatic hydroxyl groups excluding tert-OH is 1. The van der Waals surface area contributed by atoms with Gasteiger partial charge in [0.15, 0.2) is 5.69 Å². The van der Waals surface area contributed by atoms with Crippen molar-refractivity contribution < 1.29 is 23.1 Å². The zero-order valence-corrected chi connectivity index (χ0v) is 14.8. The van der Waals surface area contributed by atoms with Gasteiger partial charge in [0.25, 0.3) is 0 Å². The van der Waals surface area contributed by atoms with Crippen molar-refractivity contribution in [2.45, 2.75) is 45.1 Å². The van der Waals surface area contributed by atoms with E-state index >= 15 is 0 Å². The molecule has 1 aliphatic carbocycles. The highest BCUT2D eigenvalue weighted by atomic mass is 19.4. The fourth-order valence-corrected chi connectivity index (χ4v) is 3.02. The van der Waals surface area contributed by atoms with Crippen LogP contribution in [-0.4, -0.2) is 37.8 Å². The molecule has 0 aliphatic heterocycles. The van der Waals surface area contributed by atoms with Crippen molar-refractivity contribution in [3.63, 3.8) is 0 Å². The molecule has 2 amide bonds. The van der Waals surface area contributed by atoms with Crippen LogP contribution in [0.2, 0.25) is 0 Å². The van der Waals surface area contributed by atoms with Crippen LogP contribution in [-0.2, 0) is 12.7 Å². The number of rotatable bonds is 4. The fourth-order valence-electron chi connectivity index (χ4n) is 3.02.